The fourth-order valence-electron chi connectivity index (χ4n) is 1.06. The third-order valence-corrected chi connectivity index (χ3v) is 1.63. The molecule has 0 fully saturated rings. The summed E-state index contributed by atoms with van der Waals surface area (Å²) in [4.78, 5) is 8.02. The number of para-hydroxylation sites is 1. The quantitative estimate of drug-likeness (QED) is 0.652. The molecule has 0 unspecified atom stereocenters. The first-order chi connectivity index (χ1) is 6.33. The summed E-state index contributed by atoms with van der Waals surface area (Å²) in [7, 11) is 1.61. The van der Waals surface area contributed by atoms with E-state index in [1.807, 2.05) is 25.1 Å². The van der Waals surface area contributed by atoms with Crippen LogP contribution in [0.5, 0.6) is 5.75 Å². The van der Waals surface area contributed by atoms with Crippen molar-refractivity contribution >= 4 is 24.3 Å². The monoisotopic (exact) mass is 176 g/mol. The topological polar surface area (TPSA) is 34.0 Å². The Balaban J connectivity index is 3.28. The Bertz CT molecular complexity index is 332. The van der Waals surface area contributed by atoms with E-state index in [1.54, 1.807) is 13.3 Å². The first kappa shape index (κ1) is 9.45. The molecule has 0 aliphatic carbocycles. The van der Waals surface area contributed by atoms with Gasteiger partial charge in [0.2, 0.25) is 0 Å². The van der Waals surface area contributed by atoms with Crippen LogP contribution in [-0.4, -0.2) is 20.0 Å². The van der Waals surface area contributed by atoms with Crippen LogP contribution in [0.1, 0.15) is 6.92 Å². The summed E-state index contributed by atoms with van der Waals surface area (Å²) in [6, 6.07) is 5.55. The predicted octanol–water partition coefficient (Wildman–Crippen LogP) is 2.75. The first-order valence-corrected chi connectivity index (χ1v) is 3.96. The van der Waals surface area contributed by atoms with Gasteiger partial charge in [0, 0.05) is 6.21 Å². The van der Waals surface area contributed by atoms with E-state index in [-0.39, 0.29) is 0 Å². The molecule has 68 valence electrons. The molecule has 1 aromatic rings. The lowest BCUT2D eigenvalue weighted by Gasteiger charge is -2.05. The maximum atomic E-state index is 5.14. The summed E-state index contributed by atoms with van der Waals surface area (Å²) in [5, 5.41) is 0. The Morgan fingerprint density at radius 3 is 2.77 bits per heavy atom. The van der Waals surface area contributed by atoms with Crippen LogP contribution >= 0.6 is 0 Å². The third kappa shape index (κ3) is 1.93. The van der Waals surface area contributed by atoms with Gasteiger partial charge in [0.25, 0.3) is 0 Å². The molecule has 1 rings (SSSR count). The van der Waals surface area contributed by atoms with Gasteiger partial charge in [0.05, 0.1) is 12.8 Å². The molecule has 1 aromatic carbocycles. The number of methoxy groups -OCH3 is 1. The van der Waals surface area contributed by atoms with E-state index < -0.39 is 0 Å². The molecule has 0 aliphatic rings. The molecule has 13 heavy (non-hydrogen) atoms. The van der Waals surface area contributed by atoms with Crippen LogP contribution in [0.3, 0.4) is 0 Å². The lowest BCUT2D eigenvalue weighted by Crippen LogP contribution is -1.83. The average Bonchev–Trinajstić information content (AvgIpc) is 2.18. The van der Waals surface area contributed by atoms with Crippen molar-refractivity contribution < 1.29 is 4.74 Å². The molecular weight excluding hydrogens is 164 g/mol. The van der Waals surface area contributed by atoms with E-state index in [4.69, 9.17) is 4.74 Å². The van der Waals surface area contributed by atoms with Gasteiger partial charge in [0.1, 0.15) is 11.4 Å². The second-order valence-corrected chi connectivity index (χ2v) is 2.37. The fraction of sp³-hybridized carbons (Fsp3) is 0.200. The molecule has 0 atom stereocenters. The van der Waals surface area contributed by atoms with E-state index >= 15 is 0 Å². The van der Waals surface area contributed by atoms with E-state index in [0.29, 0.717) is 5.75 Å². The molecule has 0 saturated carbocycles. The summed E-state index contributed by atoms with van der Waals surface area (Å²) in [5.74, 6) is 0.711. The summed E-state index contributed by atoms with van der Waals surface area (Å²) >= 11 is 0. The maximum absolute atomic E-state index is 5.14. The molecule has 3 nitrogen and oxygen atoms in total. The molecule has 0 aliphatic heterocycles. The van der Waals surface area contributed by atoms with Gasteiger partial charge in [-0.3, -0.25) is 9.98 Å². The minimum Gasteiger partial charge on any atom is -0.494 e. The Kier molecular flexibility index (Phi) is 3.20. The van der Waals surface area contributed by atoms with Gasteiger partial charge in [-0.25, -0.2) is 0 Å². The Morgan fingerprint density at radius 2 is 2.23 bits per heavy atom. The van der Waals surface area contributed by atoms with Crippen LogP contribution in [-0.2, 0) is 0 Å². The summed E-state index contributed by atoms with van der Waals surface area (Å²) in [6.07, 6.45) is 1.70. The van der Waals surface area contributed by atoms with E-state index in [0.717, 1.165) is 11.4 Å². The standard InChI is InChI=1S/C10H12N2O/c1-4-12-10-8(11-2)6-5-7-9(10)13-3/h4-7H,2H2,1,3H3/b12-4-. The second kappa shape index (κ2) is 4.40. The molecule has 0 bridgehead atoms. The van der Waals surface area contributed by atoms with Gasteiger partial charge in [-0.05, 0) is 25.8 Å². The van der Waals surface area contributed by atoms with Crippen LogP contribution in [0.4, 0.5) is 11.4 Å². The zero-order chi connectivity index (χ0) is 9.68. The highest BCUT2D eigenvalue weighted by Crippen LogP contribution is 2.36. The van der Waals surface area contributed by atoms with E-state index in [2.05, 4.69) is 16.7 Å². The van der Waals surface area contributed by atoms with Crippen LogP contribution < -0.4 is 4.74 Å². The van der Waals surface area contributed by atoms with Gasteiger partial charge >= 0.3 is 0 Å². The van der Waals surface area contributed by atoms with Crippen molar-refractivity contribution in [1.82, 2.24) is 0 Å². The van der Waals surface area contributed by atoms with Gasteiger partial charge in [-0.1, -0.05) is 6.07 Å². The molecule has 3 heteroatoms. The number of hydrogen-bond acceptors (Lipinski definition) is 3. The molecule has 0 spiro atoms. The van der Waals surface area contributed by atoms with Crippen LogP contribution in [0, 0.1) is 0 Å². The Hall–Kier alpha value is -1.64. The first-order valence-electron chi connectivity index (χ1n) is 3.96. The minimum absolute atomic E-state index is 0.711. The zero-order valence-corrected chi connectivity index (χ0v) is 7.82. The molecule has 0 amide bonds. The zero-order valence-electron chi connectivity index (χ0n) is 7.82. The SMILES string of the molecule is C=Nc1cccc(OC)c1/N=C\C. The predicted molar refractivity (Wildman–Crippen MR) is 56.0 cm³/mol. The van der Waals surface area contributed by atoms with E-state index in [9.17, 15) is 0 Å². The molecule has 0 aromatic heterocycles. The van der Waals surface area contributed by atoms with Gasteiger partial charge in [0.15, 0.2) is 0 Å². The molecular formula is C10H12N2O. The van der Waals surface area contributed by atoms with Crippen molar-refractivity contribution in [2.75, 3.05) is 7.11 Å². The van der Waals surface area contributed by atoms with Gasteiger partial charge in [-0.2, -0.15) is 0 Å². The summed E-state index contributed by atoms with van der Waals surface area (Å²) in [5.41, 5.74) is 1.46. The molecule has 0 heterocycles. The fourth-order valence-corrected chi connectivity index (χ4v) is 1.06. The lowest BCUT2D eigenvalue weighted by atomic mass is 10.2. The Morgan fingerprint density at radius 1 is 1.46 bits per heavy atom. The second-order valence-electron chi connectivity index (χ2n) is 2.37. The third-order valence-electron chi connectivity index (χ3n) is 1.63. The Labute approximate surface area is 77.8 Å². The average molecular weight is 176 g/mol. The molecule has 0 N–H and O–H groups in total. The van der Waals surface area contributed by atoms with Crippen molar-refractivity contribution in [3.63, 3.8) is 0 Å². The number of ether oxygens (including phenoxy) is 1. The van der Waals surface area contributed by atoms with Crippen molar-refractivity contribution in [2.45, 2.75) is 6.92 Å². The molecule has 0 saturated heterocycles. The summed E-state index contributed by atoms with van der Waals surface area (Å²) < 4.78 is 5.14. The van der Waals surface area contributed by atoms with Crippen molar-refractivity contribution in [3.8, 4) is 5.75 Å². The van der Waals surface area contributed by atoms with Crippen molar-refractivity contribution in [1.29, 1.82) is 0 Å². The largest absolute Gasteiger partial charge is 0.494 e. The maximum Gasteiger partial charge on any atom is 0.146 e. The smallest absolute Gasteiger partial charge is 0.146 e. The number of hydrogen-bond donors (Lipinski definition) is 0. The number of aliphatic imine (C=N–C) groups is 2. The number of nitrogens with zero attached hydrogens (tertiary/aromatic N) is 2. The lowest BCUT2D eigenvalue weighted by molar-refractivity contribution is 0.416. The highest BCUT2D eigenvalue weighted by molar-refractivity contribution is 5.75. The van der Waals surface area contributed by atoms with Crippen LogP contribution in [0.2, 0.25) is 0 Å². The highest BCUT2D eigenvalue weighted by atomic mass is 16.5. The van der Waals surface area contributed by atoms with Crippen molar-refractivity contribution in [2.24, 2.45) is 9.98 Å². The number of rotatable bonds is 3. The van der Waals surface area contributed by atoms with Gasteiger partial charge in [-0.15, -0.1) is 0 Å². The van der Waals surface area contributed by atoms with Crippen LogP contribution in [0.15, 0.2) is 28.2 Å². The van der Waals surface area contributed by atoms with Crippen LogP contribution in [0.25, 0.3) is 0 Å². The minimum atomic E-state index is 0.711. The molecule has 0 radical (unpaired) electrons. The van der Waals surface area contributed by atoms with E-state index in [1.165, 1.54) is 0 Å². The van der Waals surface area contributed by atoms with Crippen molar-refractivity contribution in [3.05, 3.63) is 18.2 Å². The summed E-state index contributed by atoms with van der Waals surface area (Å²) in [6.45, 7) is 5.32. The van der Waals surface area contributed by atoms with Gasteiger partial charge < -0.3 is 4.74 Å². The normalized spacial score (nSPS) is 10.3. The number of benzene rings is 1. The highest BCUT2D eigenvalue weighted by Gasteiger charge is 2.04.